The van der Waals surface area contributed by atoms with E-state index in [0.717, 1.165) is 16.5 Å². The second-order valence-electron chi connectivity index (χ2n) is 4.59. The van der Waals surface area contributed by atoms with Crippen molar-refractivity contribution in [2.75, 3.05) is 7.11 Å². The molecule has 0 N–H and O–H groups in total. The van der Waals surface area contributed by atoms with Gasteiger partial charge in [-0.2, -0.15) is 4.98 Å². The van der Waals surface area contributed by atoms with Gasteiger partial charge in [0.1, 0.15) is 11.6 Å². The van der Waals surface area contributed by atoms with Gasteiger partial charge in [0.25, 0.3) is 0 Å². The van der Waals surface area contributed by atoms with Gasteiger partial charge in [-0.05, 0) is 19.1 Å². The van der Waals surface area contributed by atoms with Gasteiger partial charge in [-0.25, -0.2) is 0 Å². The smallest absolute Gasteiger partial charge is 0.237 e. The second kappa shape index (κ2) is 6.18. The Hall–Kier alpha value is -2.35. The van der Waals surface area contributed by atoms with Gasteiger partial charge in [-0.15, -0.1) is 10.2 Å². The fraction of sp³-hybridized carbons (Fsp3) is 0.286. The third-order valence-electron chi connectivity index (χ3n) is 3.19. The molecule has 0 unspecified atom stereocenters. The van der Waals surface area contributed by atoms with E-state index in [4.69, 9.17) is 9.26 Å². The summed E-state index contributed by atoms with van der Waals surface area (Å²) in [5, 5.41) is 12.9. The largest absolute Gasteiger partial charge is 0.496 e. The molecule has 2 aromatic heterocycles. The Balaban J connectivity index is 1.75. The fourth-order valence-corrected chi connectivity index (χ4v) is 2.69. The number of hydrogen-bond donors (Lipinski definition) is 0. The molecule has 1 aromatic carbocycles. The summed E-state index contributed by atoms with van der Waals surface area (Å²) in [6.45, 7) is 1.91. The number of ether oxygens (including phenoxy) is 1. The molecular weight excluding hydrogens is 302 g/mol. The van der Waals surface area contributed by atoms with E-state index in [0.29, 0.717) is 23.2 Å². The highest BCUT2D eigenvalue weighted by Crippen LogP contribution is 2.28. The van der Waals surface area contributed by atoms with Crippen LogP contribution in [-0.2, 0) is 12.8 Å². The normalized spacial score (nSPS) is 10.9. The van der Waals surface area contributed by atoms with E-state index in [9.17, 15) is 0 Å². The van der Waals surface area contributed by atoms with E-state index in [1.165, 1.54) is 11.8 Å². The summed E-state index contributed by atoms with van der Waals surface area (Å²) in [5.41, 5.74) is 0.805. The number of para-hydroxylation sites is 1. The molecule has 22 heavy (non-hydrogen) atoms. The number of aromatic nitrogens is 5. The Morgan fingerprint density at radius 3 is 2.82 bits per heavy atom. The van der Waals surface area contributed by atoms with Crippen molar-refractivity contribution >= 4 is 11.8 Å². The molecule has 0 atom stereocenters. The Bertz CT molecular complexity index is 783. The minimum Gasteiger partial charge on any atom is -0.496 e. The summed E-state index contributed by atoms with van der Waals surface area (Å²) < 4.78 is 12.5. The lowest BCUT2D eigenvalue weighted by atomic mass is 10.2. The minimum atomic E-state index is 0.516. The number of aryl methyl sites for hydroxylation is 1. The van der Waals surface area contributed by atoms with Gasteiger partial charge >= 0.3 is 0 Å². The van der Waals surface area contributed by atoms with Crippen molar-refractivity contribution in [3.8, 4) is 17.1 Å². The predicted molar refractivity (Wildman–Crippen MR) is 81.6 cm³/mol. The van der Waals surface area contributed by atoms with Gasteiger partial charge in [0.2, 0.25) is 11.7 Å². The van der Waals surface area contributed by atoms with Crippen LogP contribution in [0.4, 0.5) is 0 Å². The van der Waals surface area contributed by atoms with E-state index in [1.807, 2.05) is 42.8 Å². The summed E-state index contributed by atoms with van der Waals surface area (Å²) in [5.74, 6) is 3.16. The first-order chi connectivity index (χ1) is 10.7. The average Bonchev–Trinajstić information content (AvgIpc) is 3.14. The Kier molecular flexibility index (Phi) is 4.10. The first-order valence-electron chi connectivity index (χ1n) is 6.64. The van der Waals surface area contributed by atoms with Crippen LogP contribution in [0.3, 0.4) is 0 Å². The molecule has 114 valence electrons. The Morgan fingerprint density at radius 1 is 1.27 bits per heavy atom. The maximum Gasteiger partial charge on any atom is 0.237 e. The van der Waals surface area contributed by atoms with Crippen LogP contribution in [0.1, 0.15) is 11.7 Å². The van der Waals surface area contributed by atoms with Crippen LogP contribution in [0.25, 0.3) is 11.4 Å². The van der Waals surface area contributed by atoms with Gasteiger partial charge in [0.05, 0.1) is 18.4 Å². The number of rotatable bonds is 5. The summed E-state index contributed by atoms with van der Waals surface area (Å²) >= 11 is 1.50. The summed E-state index contributed by atoms with van der Waals surface area (Å²) in [6.07, 6.45) is 0. The van der Waals surface area contributed by atoms with Crippen molar-refractivity contribution in [1.29, 1.82) is 0 Å². The molecule has 0 fully saturated rings. The molecule has 0 saturated heterocycles. The second-order valence-corrected chi connectivity index (χ2v) is 5.53. The quantitative estimate of drug-likeness (QED) is 0.669. The average molecular weight is 317 g/mol. The summed E-state index contributed by atoms with van der Waals surface area (Å²) in [4.78, 5) is 4.40. The van der Waals surface area contributed by atoms with E-state index >= 15 is 0 Å². The van der Waals surface area contributed by atoms with Gasteiger partial charge in [-0.1, -0.05) is 29.1 Å². The van der Waals surface area contributed by atoms with Crippen LogP contribution in [0, 0.1) is 6.92 Å². The van der Waals surface area contributed by atoms with Gasteiger partial charge in [0.15, 0.2) is 5.16 Å². The van der Waals surface area contributed by atoms with Crippen molar-refractivity contribution in [1.82, 2.24) is 24.9 Å². The molecule has 0 aliphatic heterocycles. The molecule has 3 rings (SSSR count). The van der Waals surface area contributed by atoms with Crippen LogP contribution in [0.5, 0.6) is 5.75 Å². The number of nitrogens with zero attached hydrogens (tertiary/aromatic N) is 5. The molecular formula is C14H15N5O2S. The standard InChI is InChI=1S/C14H15N5O2S/c1-9-16-17-14(19(9)2)22-8-12-15-13(18-21-12)10-6-4-5-7-11(10)20-3/h4-7H,8H2,1-3H3. The summed E-state index contributed by atoms with van der Waals surface area (Å²) in [7, 11) is 3.54. The first-order valence-corrected chi connectivity index (χ1v) is 7.62. The Morgan fingerprint density at radius 2 is 2.09 bits per heavy atom. The molecule has 0 aliphatic carbocycles. The molecule has 2 heterocycles. The highest BCUT2D eigenvalue weighted by Gasteiger charge is 2.14. The van der Waals surface area contributed by atoms with Gasteiger partial charge in [-0.3, -0.25) is 0 Å². The van der Waals surface area contributed by atoms with Crippen molar-refractivity contribution in [2.45, 2.75) is 17.8 Å². The third kappa shape index (κ3) is 2.82. The van der Waals surface area contributed by atoms with E-state index in [-0.39, 0.29) is 0 Å². The van der Waals surface area contributed by atoms with E-state index in [1.54, 1.807) is 7.11 Å². The van der Waals surface area contributed by atoms with E-state index < -0.39 is 0 Å². The number of hydrogen-bond acceptors (Lipinski definition) is 7. The van der Waals surface area contributed by atoms with Gasteiger partial charge in [0, 0.05) is 7.05 Å². The van der Waals surface area contributed by atoms with Crippen LogP contribution in [0.15, 0.2) is 33.9 Å². The van der Waals surface area contributed by atoms with Crippen LogP contribution in [-0.4, -0.2) is 32.0 Å². The molecule has 0 radical (unpaired) electrons. The molecule has 7 nitrogen and oxygen atoms in total. The lowest BCUT2D eigenvalue weighted by Gasteiger charge is -2.03. The van der Waals surface area contributed by atoms with E-state index in [2.05, 4.69) is 20.3 Å². The molecule has 0 spiro atoms. The topological polar surface area (TPSA) is 78.9 Å². The molecule has 3 aromatic rings. The molecule has 0 amide bonds. The third-order valence-corrected chi connectivity index (χ3v) is 4.20. The minimum absolute atomic E-state index is 0.516. The number of benzene rings is 1. The number of thioether (sulfide) groups is 1. The zero-order chi connectivity index (χ0) is 15.5. The van der Waals surface area contributed by atoms with Crippen molar-refractivity contribution < 1.29 is 9.26 Å². The predicted octanol–water partition coefficient (Wildman–Crippen LogP) is 2.47. The highest BCUT2D eigenvalue weighted by atomic mass is 32.2. The Labute approximate surface area is 131 Å². The molecule has 0 aliphatic rings. The highest BCUT2D eigenvalue weighted by molar-refractivity contribution is 7.98. The van der Waals surface area contributed by atoms with Crippen molar-refractivity contribution in [3.05, 3.63) is 36.0 Å². The lowest BCUT2D eigenvalue weighted by molar-refractivity contribution is 0.390. The molecule has 0 bridgehead atoms. The molecule has 0 saturated carbocycles. The summed E-state index contributed by atoms with van der Waals surface area (Å²) in [6, 6.07) is 7.57. The fourth-order valence-electron chi connectivity index (χ4n) is 1.89. The zero-order valence-electron chi connectivity index (χ0n) is 12.5. The van der Waals surface area contributed by atoms with Crippen LogP contribution >= 0.6 is 11.8 Å². The van der Waals surface area contributed by atoms with Gasteiger partial charge < -0.3 is 13.8 Å². The number of methoxy groups -OCH3 is 1. The van der Waals surface area contributed by atoms with Crippen LogP contribution < -0.4 is 4.74 Å². The maximum absolute atomic E-state index is 5.31. The zero-order valence-corrected chi connectivity index (χ0v) is 13.3. The SMILES string of the molecule is COc1ccccc1-c1noc(CSc2nnc(C)n2C)n1. The monoisotopic (exact) mass is 317 g/mol. The van der Waals surface area contributed by atoms with Crippen LogP contribution in [0.2, 0.25) is 0 Å². The first kappa shape index (κ1) is 14.6. The van der Waals surface area contributed by atoms with Crippen molar-refractivity contribution in [2.24, 2.45) is 7.05 Å². The molecule has 8 heteroatoms. The maximum atomic E-state index is 5.31. The lowest BCUT2D eigenvalue weighted by Crippen LogP contribution is -1.94. The van der Waals surface area contributed by atoms with Crippen molar-refractivity contribution in [3.63, 3.8) is 0 Å².